The van der Waals surface area contributed by atoms with Gasteiger partial charge in [0.2, 0.25) is 5.69 Å². The highest BCUT2D eigenvalue weighted by molar-refractivity contribution is 5.82. The lowest BCUT2D eigenvalue weighted by Gasteiger charge is -2.05. The van der Waals surface area contributed by atoms with E-state index in [9.17, 15) is 5.21 Å². The molecule has 3 rings (SSSR count). The van der Waals surface area contributed by atoms with Crippen molar-refractivity contribution in [1.82, 2.24) is 4.98 Å². The predicted molar refractivity (Wildman–Crippen MR) is 66.1 cm³/mol. The van der Waals surface area contributed by atoms with Crippen molar-refractivity contribution in [2.45, 2.75) is 0 Å². The number of nitrogens with zero attached hydrogens (tertiary/aromatic N) is 2. The third-order valence-corrected chi connectivity index (χ3v) is 2.74. The van der Waals surface area contributed by atoms with Crippen molar-refractivity contribution < 1.29 is 4.73 Å². The molecule has 0 fully saturated rings. The van der Waals surface area contributed by atoms with Gasteiger partial charge in [0, 0.05) is 29.4 Å². The van der Waals surface area contributed by atoms with E-state index in [0.717, 1.165) is 21.1 Å². The van der Waals surface area contributed by atoms with Gasteiger partial charge in [0.25, 0.3) is 0 Å². The third kappa shape index (κ3) is 1.72. The minimum atomic E-state index is 0.645. The molecule has 0 atom stereocenters. The van der Waals surface area contributed by atoms with Gasteiger partial charge < -0.3 is 5.21 Å². The number of rotatable bonds is 1. The van der Waals surface area contributed by atoms with E-state index in [2.05, 4.69) is 4.98 Å². The lowest BCUT2D eigenvalue weighted by Crippen LogP contribution is -2.28. The van der Waals surface area contributed by atoms with Gasteiger partial charge in [-0.2, -0.15) is 4.73 Å². The zero-order chi connectivity index (χ0) is 11.7. The fraction of sp³-hybridized carbons (Fsp3) is 0. The standard InChI is InChI=1S/C14H10N2O/c17-16-10-12-6-7-15-9-13(12)8-14(16)11-4-2-1-3-5-11/h1-10H. The van der Waals surface area contributed by atoms with Crippen molar-refractivity contribution in [1.29, 1.82) is 0 Å². The Labute approximate surface area is 98.6 Å². The Balaban J connectivity index is 2.27. The van der Waals surface area contributed by atoms with E-state index in [1.807, 2.05) is 42.5 Å². The molecule has 0 radical (unpaired) electrons. The van der Waals surface area contributed by atoms with Crippen LogP contribution in [0.25, 0.3) is 22.0 Å². The van der Waals surface area contributed by atoms with E-state index in [0.29, 0.717) is 5.69 Å². The molecule has 0 aliphatic heterocycles. The van der Waals surface area contributed by atoms with E-state index in [-0.39, 0.29) is 0 Å². The van der Waals surface area contributed by atoms with E-state index in [4.69, 9.17) is 0 Å². The summed E-state index contributed by atoms with van der Waals surface area (Å²) in [5.74, 6) is 0. The first kappa shape index (κ1) is 9.78. The second kappa shape index (κ2) is 3.87. The quantitative estimate of drug-likeness (QED) is 0.469. The third-order valence-electron chi connectivity index (χ3n) is 2.74. The molecule has 0 unspecified atom stereocenters. The van der Waals surface area contributed by atoms with Crippen LogP contribution < -0.4 is 4.73 Å². The summed E-state index contributed by atoms with van der Waals surface area (Å²) in [6.45, 7) is 0. The normalized spacial score (nSPS) is 10.6. The van der Waals surface area contributed by atoms with Crippen LogP contribution in [0.2, 0.25) is 0 Å². The van der Waals surface area contributed by atoms with Crippen molar-refractivity contribution in [3.05, 3.63) is 66.3 Å². The van der Waals surface area contributed by atoms with E-state index >= 15 is 0 Å². The monoisotopic (exact) mass is 222 g/mol. The molecule has 0 saturated carbocycles. The number of benzene rings is 1. The van der Waals surface area contributed by atoms with E-state index in [1.54, 1.807) is 18.6 Å². The van der Waals surface area contributed by atoms with Crippen LogP contribution in [0.4, 0.5) is 0 Å². The Morgan fingerprint density at radius 2 is 1.82 bits per heavy atom. The number of hydrogen-bond acceptors (Lipinski definition) is 2. The molecule has 17 heavy (non-hydrogen) atoms. The molecule has 3 heteroatoms. The van der Waals surface area contributed by atoms with Crippen LogP contribution in [-0.2, 0) is 0 Å². The van der Waals surface area contributed by atoms with Crippen molar-refractivity contribution in [2.75, 3.05) is 0 Å². The van der Waals surface area contributed by atoms with Gasteiger partial charge in [-0.25, -0.2) is 0 Å². The summed E-state index contributed by atoms with van der Waals surface area (Å²) in [6.07, 6.45) is 5.03. The highest BCUT2D eigenvalue weighted by atomic mass is 16.5. The number of fused-ring (bicyclic) bond motifs is 1. The molecule has 0 aliphatic carbocycles. The Kier molecular flexibility index (Phi) is 2.22. The van der Waals surface area contributed by atoms with Crippen LogP contribution in [0.3, 0.4) is 0 Å². The molecule has 0 saturated heterocycles. The Morgan fingerprint density at radius 1 is 1.00 bits per heavy atom. The second-order valence-corrected chi connectivity index (χ2v) is 3.86. The van der Waals surface area contributed by atoms with Crippen molar-refractivity contribution in [3.8, 4) is 11.3 Å². The molecule has 0 amide bonds. The predicted octanol–water partition coefficient (Wildman–Crippen LogP) is 2.54. The van der Waals surface area contributed by atoms with Gasteiger partial charge in [-0.3, -0.25) is 4.98 Å². The second-order valence-electron chi connectivity index (χ2n) is 3.86. The maximum absolute atomic E-state index is 11.9. The van der Waals surface area contributed by atoms with Gasteiger partial charge in [0.05, 0.1) is 5.39 Å². The minimum absolute atomic E-state index is 0.645. The summed E-state index contributed by atoms with van der Waals surface area (Å²) in [5, 5.41) is 13.8. The molecule has 0 bridgehead atoms. The molecule has 0 N–H and O–H groups in total. The maximum Gasteiger partial charge on any atom is 0.224 e. The average Bonchev–Trinajstić information content (AvgIpc) is 2.39. The van der Waals surface area contributed by atoms with Crippen molar-refractivity contribution >= 4 is 10.8 Å². The number of pyridine rings is 2. The fourth-order valence-electron chi connectivity index (χ4n) is 1.88. The van der Waals surface area contributed by atoms with Crippen LogP contribution in [0, 0.1) is 5.21 Å². The fourth-order valence-corrected chi connectivity index (χ4v) is 1.88. The highest BCUT2D eigenvalue weighted by Crippen LogP contribution is 2.19. The summed E-state index contributed by atoms with van der Waals surface area (Å²) in [7, 11) is 0. The molecule has 82 valence electrons. The minimum Gasteiger partial charge on any atom is -0.618 e. The van der Waals surface area contributed by atoms with Crippen LogP contribution in [-0.4, -0.2) is 4.98 Å². The van der Waals surface area contributed by atoms with Gasteiger partial charge in [-0.1, -0.05) is 18.2 Å². The molecular formula is C14H10N2O. The van der Waals surface area contributed by atoms with E-state index < -0.39 is 0 Å². The van der Waals surface area contributed by atoms with Crippen LogP contribution in [0.1, 0.15) is 0 Å². The first-order valence-electron chi connectivity index (χ1n) is 5.37. The maximum atomic E-state index is 11.9. The van der Waals surface area contributed by atoms with Gasteiger partial charge in [0.15, 0.2) is 6.20 Å². The van der Waals surface area contributed by atoms with E-state index in [1.165, 1.54) is 0 Å². The molecule has 3 aromatic rings. The van der Waals surface area contributed by atoms with Crippen LogP contribution in [0.5, 0.6) is 0 Å². The summed E-state index contributed by atoms with van der Waals surface area (Å²) in [5.41, 5.74) is 1.55. The van der Waals surface area contributed by atoms with Crippen molar-refractivity contribution in [2.24, 2.45) is 0 Å². The average molecular weight is 222 g/mol. The van der Waals surface area contributed by atoms with Crippen LogP contribution in [0.15, 0.2) is 61.1 Å². The lowest BCUT2D eigenvalue weighted by molar-refractivity contribution is -0.592. The summed E-state index contributed by atoms with van der Waals surface area (Å²) >= 11 is 0. The topological polar surface area (TPSA) is 39.8 Å². The summed E-state index contributed by atoms with van der Waals surface area (Å²) < 4.78 is 0.900. The molecule has 3 nitrogen and oxygen atoms in total. The molecule has 1 aromatic carbocycles. The first-order chi connectivity index (χ1) is 8.34. The first-order valence-corrected chi connectivity index (χ1v) is 5.37. The Morgan fingerprint density at radius 3 is 2.65 bits per heavy atom. The molecule has 0 aliphatic rings. The summed E-state index contributed by atoms with van der Waals surface area (Å²) in [4.78, 5) is 4.07. The smallest absolute Gasteiger partial charge is 0.224 e. The van der Waals surface area contributed by atoms with Gasteiger partial charge >= 0.3 is 0 Å². The molecule has 2 aromatic heterocycles. The van der Waals surface area contributed by atoms with Gasteiger partial charge in [-0.15, -0.1) is 0 Å². The number of aromatic nitrogens is 2. The zero-order valence-corrected chi connectivity index (χ0v) is 9.08. The van der Waals surface area contributed by atoms with Crippen LogP contribution >= 0.6 is 0 Å². The number of hydrogen-bond donors (Lipinski definition) is 0. The molecular weight excluding hydrogens is 212 g/mol. The van der Waals surface area contributed by atoms with Gasteiger partial charge in [-0.05, 0) is 18.2 Å². The zero-order valence-electron chi connectivity index (χ0n) is 9.08. The largest absolute Gasteiger partial charge is 0.618 e. The van der Waals surface area contributed by atoms with Gasteiger partial charge in [0.1, 0.15) is 0 Å². The molecule has 0 spiro atoms. The molecule has 2 heterocycles. The SMILES string of the molecule is [O-][n+]1cc2ccncc2cc1-c1ccccc1. The Bertz CT molecular complexity index is 665. The lowest BCUT2D eigenvalue weighted by atomic mass is 10.1. The highest BCUT2D eigenvalue weighted by Gasteiger charge is 2.09. The van der Waals surface area contributed by atoms with Crippen molar-refractivity contribution in [3.63, 3.8) is 0 Å². The summed E-state index contributed by atoms with van der Waals surface area (Å²) in [6, 6.07) is 13.3. The Hall–Kier alpha value is -2.42.